The van der Waals surface area contributed by atoms with Crippen LogP contribution in [0.5, 0.6) is 0 Å². The van der Waals surface area contributed by atoms with Crippen LogP contribution in [0.2, 0.25) is 0 Å². The predicted molar refractivity (Wildman–Crippen MR) is 79.1 cm³/mol. The first-order valence-electron chi connectivity index (χ1n) is 7.35. The minimum atomic E-state index is -0.707. The Hall–Kier alpha value is -0.860. The number of piperidine rings is 1. The van der Waals surface area contributed by atoms with E-state index in [1.165, 1.54) is 4.90 Å². The highest BCUT2D eigenvalue weighted by Gasteiger charge is 2.49. The zero-order chi connectivity index (χ0) is 14.3. The molecule has 1 fully saturated rings. The van der Waals surface area contributed by atoms with Gasteiger partial charge in [-0.3, -0.25) is 0 Å². The summed E-state index contributed by atoms with van der Waals surface area (Å²) >= 11 is 0. The van der Waals surface area contributed by atoms with Crippen molar-refractivity contribution in [2.75, 3.05) is 13.6 Å². The second-order valence-corrected chi connectivity index (χ2v) is 7.33. The molecule has 0 spiro atoms. The van der Waals surface area contributed by atoms with Gasteiger partial charge in [0, 0.05) is 5.92 Å². The summed E-state index contributed by atoms with van der Waals surface area (Å²) in [6, 6.07) is 10.4. The summed E-state index contributed by atoms with van der Waals surface area (Å²) < 4.78 is 0. The molecule has 1 aliphatic heterocycles. The van der Waals surface area contributed by atoms with E-state index in [0.717, 1.165) is 18.5 Å². The van der Waals surface area contributed by atoms with Crippen molar-refractivity contribution >= 4 is 0 Å². The first-order valence-corrected chi connectivity index (χ1v) is 7.35. The third-order valence-electron chi connectivity index (χ3n) is 5.08. The van der Waals surface area contributed by atoms with E-state index < -0.39 is 5.60 Å². The Labute approximate surface area is 117 Å². The van der Waals surface area contributed by atoms with Gasteiger partial charge in [0.25, 0.3) is 0 Å². The molecule has 0 amide bonds. The van der Waals surface area contributed by atoms with Crippen LogP contribution in [-0.4, -0.2) is 24.7 Å². The maximum absolute atomic E-state index is 11.3. The van der Waals surface area contributed by atoms with Crippen molar-refractivity contribution in [3.8, 4) is 0 Å². The van der Waals surface area contributed by atoms with Crippen LogP contribution in [0.4, 0.5) is 0 Å². The van der Waals surface area contributed by atoms with Crippen molar-refractivity contribution in [1.29, 1.82) is 0 Å². The number of likely N-dealkylation sites (tertiary alicyclic amines) is 1. The van der Waals surface area contributed by atoms with Crippen molar-refractivity contribution in [2.45, 2.75) is 45.8 Å². The van der Waals surface area contributed by atoms with Gasteiger partial charge < -0.3 is 10.0 Å². The average Bonchev–Trinajstić information content (AvgIpc) is 2.35. The molecule has 1 aromatic carbocycles. The second kappa shape index (κ2) is 4.92. The number of likely N-dealkylation sites (N-methyl/N-ethyl adjacent to an activating group) is 1. The van der Waals surface area contributed by atoms with E-state index in [1.807, 2.05) is 18.2 Å². The lowest BCUT2D eigenvalue weighted by atomic mass is 9.67. The highest BCUT2D eigenvalue weighted by Crippen LogP contribution is 2.40. The van der Waals surface area contributed by atoms with Crippen molar-refractivity contribution in [1.82, 2.24) is 0 Å². The Kier molecular flexibility index (Phi) is 3.76. The Morgan fingerprint density at radius 1 is 1.21 bits per heavy atom. The zero-order valence-corrected chi connectivity index (χ0v) is 12.9. The molecule has 2 rings (SSSR count). The SMILES string of the molecule is C[C@@H]1[NH+](C)C[C@@H](C(C)(C)C)C[C@@]1(O)c1ccccc1. The van der Waals surface area contributed by atoms with E-state index >= 15 is 0 Å². The highest BCUT2D eigenvalue weighted by atomic mass is 16.3. The molecule has 0 aromatic heterocycles. The summed E-state index contributed by atoms with van der Waals surface area (Å²) in [6.45, 7) is 10.2. The molecular formula is C17H28NO+. The molecule has 0 radical (unpaired) electrons. The maximum Gasteiger partial charge on any atom is 0.141 e. The van der Waals surface area contributed by atoms with E-state index in [9.17, 15) is 5.11 Å². The average molecular weight is 262 g/mol. The van der Waals surface area contributed by atoms with Crippen LogP contribution in [0.1, 0.15) is 39.7 Å². The first kappa shape index (κ1) is 14.5. The van der Waals surface area contributed by atoms with Crippen molar-refractivity contribution in [3.05, 3.63) is 35.9 Å². The summed E-state index contributed by atoms with van der Waals surface area (Å²) in [6.07, 6.45) is 0.860. The van der Waals surface area contributed by atoms with Crippen LogP contribution < -0.4 is 4.90 Å². The number of nitrogens with one attached hydrogen (secondary N) is 1. The van der Waals surface area contributed by atoms with Crippen LogP contribution in [0.3, 0.4) is 0 Å². The predicted octanol–water partition coefficient (Wildman–Crippen LogP) is 1.84. The molecule has 1 saturated heterocycles. The third-order valence-corrected chi connectivity index (χ3v) is 5.08. The fourth-order valence-corrected chi connectivity index (χ4v) is 3.30. The Morgan fingerprint density at radius 2 is 1.79 bits per heavy atom. The molecule has 1 aromatic rings. The largest absolute Gasteiger partial charge is 0.379 e. The quantitative estimate of drug-likeness (QED) is 0.793. The van der Waals surface area contributed by atoms with Crippen LogP contribution >= 0.6 is 0 Å². The summed E-state index contributed by atoms with van der Waals surface area (Å²) in [4.78, 5) is 1.43. The summed E-state index contributed by atoms with van der Waals surface area (Å²) in [7, 11) is 2.20. The maximum atomic E-state index is 11.3. The first-order chi connectivity index (χ1) is 8.75. The molecule has 0 bridgehead atoms. The lowest BCUT2D eigenvalue weighted by molar-refractivity contribution is -0.924. The summed E-state index contributed by atoms with van der Waals surface area (Å²) in [5, 5.41) is 11.3. The summed E-state index contributed by atoms with van der Waals surface area (Å²) in [5.41, 5.74) is 0.599. The summed E-state index contributed by atoms with van der Waals surface area (Å²) in [5.74, 6) is 0.536. The van der Waals surface area contributed by atoms with Crippen molar-refractivity contribution in [2.24, 2.45) is 11.3 Å². The lowest BCUT2D eigenvalue weighted by Crippen LogP contribution is -3.16. The van der Waals surface area contributed by atoms with E-state index in [4.69, 9.17) is 0 Å². The van der Waals surface area contributed by atoms with E-state index in [-0.39, 0.29) is 11.5 Å². The lowest BCUT2D eigenvalue weighted by Gasteiger charge is -2.48. The molecule has 1 heterocycles. The van der Waals surface area contributed by atoms with Gasteiger partial charge in [0.2, 0.25) is 0 Å². The van der Waals surface area contributed by atoms with E-state index in [1.54, 1.807) is 0 Å². The van der Waals surface area contributed by atoms with E-state index in [0.29, 0.717) is 5.92 Å². The number of quaternary nitrogens is 1. The van der Waals surface area contributed by atoms with Gasteiger partial charge >= 0.3 is 0 Å². The standard InChI is InChI=1S/C17H27NO/c1-13-17(19,14-9-7-6-8-10-14)11-15(12-18(13)5)16(2,3)4/h6-10,13,15,19H,11-12H2,1-5H3/p+1/t13-,15-,17-/m0/s1. The normalized spacial score (nSPS) is 36.2. The van der Waals surface area contributed by atoms with Crippen LogP contribution in [0.15, 0.2) is 30.3 Å². The minimum absolute atomic E-state index is 0.230. The van der Waals surface area contributed by atoms with Gasteiger partial charge in [0.15, 0.2) is 0 Å². The fraction of sp³-hybridized carbons (Fsp3) is 0.647. The van der Waals surface area contributed by atoms with Gasteiger partial charge in [-0.25, -0.2) is 0 Å². The van der Waals surface area contributed by atoms with Crippen LogP contribution in [0, 0.1) is 11.3 Å². The fourth-order valence-electron chi connectivity index (χ4n) is 3.30. The third kappa shape index (κ3) is 2.70. The van der Waals surface area contributed by atoms with Crippen LogP contribution in [0.25, 0.3) is 0 Å². The molecule has 0 saturated carbocycles. The molecule has 1 aliphatic rings. The van der Waals surface area contributed by atoms with E-state index in [2.05, 4.69) is 46.9 Å². The van der Waals surface area contributed by atoms with Gasteiger partial charge in [-0.05, 0) is 24.3 Å². The number of aliphatic hydroxyl groups is 1. The number of hydrogen-bond acceptors (Lipinski definition) is 1. The molecule has 4 atom stereocenters. The highest BCUT2D eigenvalue weighted by molar-refractivity contribution is 5.24. The molecule has 19 heavy (non-hydrogen) atoms. The minimum Gasteiger partial charge on any atom is -0.379 e. The monoisotopic (exact) mass is 262 g/mol. The molecule has 106 valence electrons. The second-order valence-electron chi connectivity index (χ2n) is 7.33. The van der Waals surface area contributed by atoms with Gasteiger partial charge in [0.1, 0.15) is 11.6 Å². The molecule has 1 unspecified atom stereocenters. The Morgan fingerprint density at radius 3 is 2.32 bits per heavy atom. The van der Waals surface area contributed by atoms with Crippen LogP contribution in [-0.2, 0) is 5.60 Å². The molecule has 2 N–H and O–H groups in total. The number of hydrogen-bond donors (Lipinski definition) is 2. The topological polar surface area (TPSA) is 24.7 Å². The zero-order valence-electron chi connectivity index (χ0n) is 12.9. The molecular weight excluding hydrogens is 234 g/mol. The Balaban J connectivity index is 2.37. The van der Waals surface area contributed by atoms with Gasteiger partial charge in [0.05, 0.1) is 13.6 Å². The van der Waals surface area contributed by atoms with Gasteiger partial charge in [-0.1, -0.05) is 51.1 Å². The number of rotatable bonds is 1. The Bertz CT molecular complexity index is 423. The molecule has 2 heteroatoms. The van der Waals surface area contributed by atoms with Crippen molar-refractivity contribution in [3.63, 3.8) is 0 Å². The molecule has 0 aliphatic carbocycles. The number of benzene rings is 1. The molecule has 2 nitrogen and oxygen atoms in total. The smallest absolute Gasteiger partial charge is 0.141 e. The van der Waals surface area contributed by atoms with Crippen molar-refractivity contribution < 1.29 is 10.0 Å². The van der Waals surface area contributed by atoms with Gasteiger partial charge in [-0.2, -0.15) is 0 Å². The van der Waals surface area contributed by atoms with Gasteiger partial charge in [-0.15, -0.1) is 0 Å².